The minimum Gasteiger partial charge on any atom is -0.488 e. The second-order valence-corrected chi connectivity index (χ2v) is 4.31. The molecule has 0 unspecified atom stereocenters. The van der Waals surface area contributed by atoms with Gasteiger partial charge in [0, 0.05) is 17.8 Å². The Kier molecular flexibility index (Phi) is 4.37. The fourth-order valence-electron chi connectivity index (χ4n) is 1.79. The van der Waals surface area contributed by atoms with Gasteiger partial charge in [0.25, 0.3) is 0 Å². The number of nitrogen functional groups attached to an aromatic ring is 1. The van der Waals surface area contributed by atoms with E-state index in [0.717, 1.165) is 18.2 Å². The van der Waals surface area contributed by atoms with Crippen LogP contribution in [0, 0.1) is 11.6 Å². The Morgan fingerprint density at radius 2 is 1.81 bits per heavy atom. The number of carbonyl (C=O) groups excluding carboxylic acids is 1. The molecule has 0 saturated carbocycles. The number of benzene rings is 2. The first kappa shape index (κ1) is 14.8. The van der Waals surface area contributed by atoms with Gasteiger partial charge in [0.15, 0.2) is 0 Å². The number of carbonyl (C=O) groups is 1. The van der Waals surface area contributed by atoms with Crippen LogP contribution in [-0.2, 0) is 11.3 Å². The van der Waals surface area contributed by atoms with E-state index in [1.54, 1.807) is 0 Å². The Balaban J connectivity index is 2.22. The molecule has 0 amide bonds. The topological polar surface area (TPSA) is 61.5 Å². The van der Waals surface area contributed by atoms with Gasteiger partial charge in [-0.15, -0.1) is 0 Å². The lowest BCUT2D eigenvalue weighted by atomic mass is 10.1. The van der Waals surface area contributed by atoms with Crippen molar-refractivity contribution in [1.82, 2.24) is 0 Å². The maximum Gasteiger partial charge on any atom is 0.341 e. The van der Waals surface area contributed by atoms with Crippen LogP contribution in [0.2, 0.25) is 0 Å². The van der Waals surface area contributed by atoms with Crippen LogP contribution >= 0.6 is 0 Å². The minimum atomic E-state index is -0.700. The molecule has 6 heteroatoms. The molecule has 2 aromatic rings. The Hall–Kier alpha value is -2.63. The van der Waals surface area contributed by atoms with Gasteiger partial charge in [0.2, 0.25) is 0 Å². The molecule has 0 spiro atoms. The van der Waals surface area contributed by atoms with Crippen LogP contribution in [0.3, 0.4) is 0 Å². The molecule has 0 radical (unpaired) electrons. The lowest BCUT2D eigenvalue weighted by Gasteiger charge is -2.11. The van der Waals surface area contributed by atoms with Crippen LogP contribution in [0.1, 0.15) is 15.9 Å². The molecule has 4 nitrogen and oxygen atoms in total. The number of anilines is 1. The summed E-state index contributed by atoms with van der Waals surface area (Å²) in [7, 11) is 1.24. The first-order valence-corrected chi connectivity index (χ1v) is 6.05. The molecule has 2 aromatic carbocycles. The molecule has 0 aliphatic rings. The number of halogens is 2. The summed E-state index contributed by atoms with van der Waals surface area (Å²) in [6.45, 7) is -0.109. The van der Waals surface area contributed by atoms with Gasteiger partial charge in [-0.3, -0.25) is 0 Å². The van der Waals surface area contributed by atoms with Crippen molar-refractivity contribution in [1.29, 1.82) is 0 Å². The van der Waals surface area contributed by atoms with Crippen molar-refractivity contribution in [3.8, 4) is 5.75 Å². The molecule has 2 rings (SSSR count). The fraction of sp³-hybridized carbons (Fsp3) is 0.133. The molecule has 21 heavy (non-hydrogen) atoms. The zero-order chi connectivity index (χ0) is 15.4. The van der Waals surface area contributed by atoms with Crippen molar-refractivity contribution in [2.24, 2.45) is 0 Å². The standard InChI is InChI=1S/C15H13F2NO3/c1-20-15(19)13-3-2-12(18)7-14(13)21-8-9-4-10(16)6-11(17)5-9/h2-7H,8,18H2,1H3. The summed E-state index contributed by atoms with van der Waals surface area (Å²) in [6, 6.07) is 7.50. The number of hydrogen-bond donors (Lipinski definition) is 1. The molecule has 0 aromatic heterocycles. The van der Waals surface area contributed by atoms with E-state index in [1.165, 1.54) is 25.3 Å². The maximum absolute atomic E-state index is 13.1. The lowest BCUT2D eigenvalue weighted by molar-refractivity contribution is 0.0595. The van der Waals surface area contributed by atoms with E-state index in [2.05, 4.69) is 4.74 Å². The molecular weight excluding hydrogens is 280 g/mol. The van der Waals surface area contributed by atoms with Crippen LogP contribution < -0.4 is 10.5 Å². The third kappa shape index (κ3) is 3.68. The second-order valence-electron chi connectivity index (χ2n) is 4.31. The number of hydrogen-bond acceptors (Lipinski definition) is 4. The van der Waals surface area contributed by atoms with E-state index in [9.17, 15) is 13.6 Å². The van der Waals surface area contributed by atoms with Crippen molar-refractivity contribution in [3.63, 3.8) is 0 Å². The van der Waals surface area contributed by atoms with Crippen LogP contribution in [0.5, 0.6) is 5.75 Å². The number of methoxy groups -OCH3 is 1. The van der Waals surface area contributed by atoms with Crippen molar-refractivity contribution < 1.29 is 23.0 Å². The van der Waals surface area contributed by atoms with Crippen molar-refractivity contribution in [3.05, 3.63) is 59.2 Å². The summed E-state index contributed by atoms with van der Waals surface area (Å²) in [5.74, 6) is -1.80. The van der Waals surface area contributed by atoms with Crippen molar-refractivity contribution >= 4 is 11.7 Å². The Morgan fingerprint density at radius 1 is 1.14 bits per heavy atom. The van der Waals surface area contributed by atoms with Crippen molar-refractivity contribution in [2.45, 2.75) is 6.61 Å². The fourth-order valence-corrected chi connectivity index (χ4v) is 1.79. The zero-order valence-electron chi connectivity index (χ0n) is 11.2. The highest BCUT2D eigenvalue weighted by Gasteiger charge is 2.13. The Labute approximate surface area is 120 Å². The van der Waals surface area contributed by atoms with Crippen LogP contribution in [0.15, 0.2) is 36.4 Å². The minimum absolute atomic E-state index is 0.109. The summed E-state index contributed by atoms with van der Waals surface area (Å²) < 4.78 is 36.2. The van der Waals surface area contributed by atoms with Gasteiger partial charge in [-0.05, 0) is 29.8 Å². The summed E-state index contributed by atoms with van der Waals surface area (Å²) >= 11 is 0. The average molecular weight is 293 g/mol. The predicted octanol–water partition coefficient (Wildman–Crippen LogP) is 2.91. The average Bonchev–Trinajstić information content (AvgIpc) is 2.43. The zero-order valence-corrected chi connectivity index (χ0v) is 11.2. The van der Waals surface area contributed by atoms with Crippen LogP contribution in [-0.4, -0.2) is 13.1 Å². The number of esters is 1. The first-order chi connectivity index (χ1) is 9.99. The van der Waals surface area contributed by atoms with Crippen molar-refractivity contribution in [2.75, 3.05) is 12.8 Å². The van der Waals surface area contributed by atoms with E-state index in [4.69, 9.17) is 10.5 Å². The van der Waals surface area contributed by atoms with Gasteiger partial charge >= 0.3 is 5.97 Å². The highest BCUT2D eigenvalue weighted by Crippen LogP contribution is 2.24. The number of rotatable bonds is 4. The van der Waals surface area contributed by atoms with E-state index < -0.39 is 17.6 Å². The van der Waals surface area contributed by atoms with Gasteiger partial charge in [-0.25, -0.2) is 13.6 Å². The van der Waals surface area contributed by atoms with E-state index in [0.29, 0.717) is 11.3 Å². The third-order valence-corrected chi connectivity index (χ3v) is 2.73. The highest BCUT2D eigenvalue weighted by atomic mass is 19.1. The second kappa shape index (κ2) is 6.21. The van der Waals surface area contributed by atoms with Gasteiger partial charge in [-0.1, -0.05) is 0 Å². The molecule has 0 bridgehead atoms. The van der Waals surface area contributed by atoms with Crippen LogP contribution in [0.4, 0.5) is 14.5 Å². The third-order valence-electron chi connectivity index (χ3n) is 2.73. The first-order valence-electron chi connectivity index (χ1n) is 6.05. The van der Waals surface area contributed by atoms with E-state index >= 15 is 0 Å². The van der Waals surface area contributed by atoms with Gasteiger partial charge in [0.1, 0.15) is 29.6 Å². The summed E-state index contributed by atoms with van der Waals surface area (Å²) in [5.41, 5.74) is 6.51. The van der Waals surface area contributed by atoms with Crippen LogP contribution in [0.25, 0.3) is 0 Å². The quantitative estimate of drug-likeness (QED) is 0.695. The van der Waals surface area contributed by atoms with E-state index in [-0.39, 0.29) is 17.9 Å². The summed E-state index contributed by atoms with van der Waals surface area (Å²) in [5, 5.41) is 0. The molecule has 0 heterocycles. The predicted molar refractivity (Wildman–Crippen MR) is 72.9 cm³/mol. The summed E-state index contributed by atoms with van der Waals surface area (Å²) in [4.78, 5) is 11.6. The number of nitrogens with two attached hydrogens (primary N) is 1. The largest absolute Gasteiger partial charge is 0.488 e. The normalized spacial score (nSPS) is 10.2. The SMILES string of the molecule is COC(=O)c1ccc(N)cc1OCc1cc(F)cc(F)c1. The molecule has 110 valence electrons. The van der Waals surface area contributed by atoms with Gasteiger partial charge in [-0.2, -0.15) is 0 Å². The van der Waals surface area contributed by atoms with Gasteiger partial charge in [0.05, 0.1) is 7.11 Å². The summed E-state index contributed by atoms with van der Waals surface area (Å²) in [6.07, 6.45) is 0. The Morgan fingerprint density at radius 3 is 2.43 bits per heavy atom. The number of ether oxygens (including phenoxy) is 2. The molecule has 0 fully saturated rings. The lowest BCUT2D eigenvalue weighted by Crippen LogP contribution is -2.07. The molecular formula is C15H13F2NO3. The monoisotopic (exact) mass is 293 g/mol. The molecule has 0 saturated heterocycles. The van der Waals surface area contributed by atoms with E-state index in [1.807, 2.05) is 0 Å². The molecule has 0 aliphatic heterocycles. The highest BCUT2D eigenvalue weighted by molar-refractivity contribution is 5.93. The molecule has 0 aliphatic carbocycles. The van der Waals surface area contributed by atoms with Gasteiger partial charge < -0.3 is 15.2 Å². The molecule has 2 N–H and O–H groups in total. The molecule has 0 atom stereocenters. The smallest absolute Gasteiger partial charge is 0.341 e. The maximum atomic E-state index is 13.1. The Bertz CT molecular complexity index is 654.